The zero-order valence-electron chi connectivity index (χ0n) is 9.54. The van der Waals surface area contributed by atoms with Crippen LogP contribution in [0.1, 0.15) is 24.5 Å². The standard InChI is InChI=1S/C13H17BrO2/c1-2-13(15)16-10-8-12-5-3-11(4-6-12)7-9-14/h3-6H,2,7-10H2,1H3. The van der Waals surface area contributed by atoms with Crippen molar-refractivity contribution in [2.45, 2.75) is 26.2 Å². The monoisotopic (exact) mass is 284 g/mol. The lowest BCUT2D eigenvalue weighted by atomic mass is 10.1. The van der Waals surface area contributed by atoms with Crippen molar-refractivity contribution in [2.75, 3.05) is 11.9 Å². The van der Waals surface area contributed by atoms with E-state index >= 15 is 0 Å². The van der Waals surface area contributed by atoms with Crippen LogP contribution in [0.15, 0.2) is 24.3 Å². The number of alkyl halides is 1. The van der Waals surface area contributed by atoms with Crippen molar-refractivity contribution in [2.24, 2.45) is 0 Å². The highest BCUT2D eigenvalue weighted by molar-refractivity contribution is 9.09. The maximum Gasteiger partial charge on any atom is 0.305 e. The number of aryl methyl sites for hydroxylation is 1. The van der Waals surface area contributed by atoms with Crippen molar-refractivity contribution in [3.05, 3.63) is 35.4 Å². The third kappa shape index (κ3) is 4.79. The molecule has 0 spiro atoms. The van der Waals surface area contributed by atoms with Gasteiger partial charge in [-0.05, 0) is 17.5 Å². The average Bonchev–Trinajstić information content (AvgIpc) is 2.31. The van der Waals surface area contributed by atoms with E-state index in [1.165, 1.54) is 11.1 Å². The first-order valence-electron chi connectivity index (χ1n) is 5.55. The molecule has 0 saturated carbocycles. The summed E-state index contributed by atoms with van der Waals surface area (Å²) in [6, 6.07) is 8.44. The van der Waals surface area contributed by atoms with Crippen molar-refractivity contribution in [3.8, 4) is 0 Å². The molecule has 0 atom stereocenters. The molecule has 0 saturated heterocycles. The van der Waals surface area contributed by atoms with Crippen LogP contribution in [0.4, 0.5) is 0 Å². The number of hydrogen-bond donors (Lipinski definition) is 0. The van der Waals surface area contributed by atoms with Gasteiger partial charge in [0.15, 0.2) is 0 Å². The minimum absolute atomic E-state index is 0.129. The predicted molar refractivity (Wildman–Crippen MR) is 68.9 cm³/mol. The molecular weight excluding hydrogens is 268 g/mol. The molecule has 0 aliphatic heterocycles. The first kappa shape index (κ1) is 13.2. The summed E-state index contributed by atoms with van der Waals surface area (Å²) in [6.07, 6.45) is 2.29. The van der Waals surface area contributed by atoms with E-state index in [4.69, 9.17) is 4.74 Å². The van der Waals surface area contributed by atoms with Crippen molar-refractivity contribution in [3.63, 3.8) is 0 Å². The minimum atomic E-state index is -0.129. The summed E-state index contributed by atoms with van der Waals surface area (Å²) in [5, 5.41) is 0.987. The third-order valence-corrected chi connectivity index (χ3v) is 2.75. The number of halogens is 1. The number of ether oxygens (including phenoxy) is 1. The molecule has 0 amide bonds. The van der Waals surface area contributed by atoms with Gasteiger partial charge in [-0.1, -0.05) is 47.1 Å². The molecule has 16 heavy (non-hydrogen) atoms. The van der Waals surface area contributed by atoms with Gasteiger partial charge in [-0.25, -0.2) is 0 Å². The number of carbonyl (C=O) groups excluding carboxylic acids is 1. The normalized spacial score (nSPS) is 10.1. The molecule has 88 valence electrons. The zero-order chi connectivity index (χ0) is 11.8. The smallest absolute Gasteiger partial charge is 0.305 e. The molecule has 3 heteroatoms. The van der Waals surface area contributed by atoms with E-state index in [1.807, 2.05) is 0 Å². The average molecular weight is 285 g/mol. The highest BCUT2D eigenvalue weighted by Gasteiger charge is 1.99. The van der Waals surface area contributed by atoms with E-state index in [1.54, 1.807) is 6.92 Å². The van der Waals surface area contributed by atoms with Crippen molar-refractivity contribution < 1.29 is 9.53 Å². The summed E-state index contributed by atoms with van der Waals surface area (Å²) in [5.74, 6) is -0.129. The number of hydrogen-bond acceptors (Lipinski definition) is 2. The number of carbonyl (C=O) groups is 1. The van der Waals surface area contributed by atoms with Crippen LogP contribution in [-0.2, 0) is 22.4 Å². The van der Waals surface area contributed by atoms with Gasteiger partial charge in [0.25, 0.3) is 0 Å². The first-order chi connectivity index (χ1) is 7.76. The van der Waals surface area contributed by atoms with Gasteiger partial charge in [0, 0.05) is 18.2 Å². The second-order valence-corrected chi connectivity index (χ2v) is 4.37. The van der Waals surface area contributed by atoms with Crippen LogP contribution in [0.2, 0.25) is 0 Å². The van der Waals surface area contributed by atoms with Gasteiger partial charge < -0.3 is 4.74 Å². The van der Waals surface area contributed by atoms with E-state index in [2.05, 4.69) is 40.2 Å². The van der Waals surface area contributed by atoms with Gasteiger partial charge in [-0.15, -0.1) is 0 Å². The lowest BCUT2D eigenvalue weighted by Crippen LogP contribution is -2.05. The van der Waals surface area contributed by atoms with Gasteiger partial charge in [0.05, 0.1) is 6.61 Å². The van der Waals surface area contributed by atoms with Gasteiger partial charge in [0.2, 0.25) is 0 Å². The van der Waals surface area contributed by atoms with Crippen LogP contribution in [0.3, 0.4) is 0 Å². The van der Waals surface area contributed by atoms with Crippen LogP contribution in [0.25, 0.3) is 0 Å². The largest absolute Gasteiger partial charge is 0.465 e. The van der Waals surface area contributed by atoms with Crippen molar-refractivity contribution in [1.29, 1.82) is 0 Å². The molecule has 0 heterocycles. The second kappa shape index (κ2) is 7.44. The van der Waals surface area contributed by atoms with Crippen molar-refractivity contribution in [1.82, 2.24) is 0 Å². The molecule has 0 N–H and O–H groups in total. The Morgan fingerprint density at radius 1 is 1.19 bits per heavy atom. The maximum absolute atomic E-state index is 10.9. The summed E-state index contributed by atoms with van der Waals surface area (Å²) in [5.41, 5.74) is 2.54. The summed E-state index contributed by atoms with van der Waals surface area (Å²) >= 11 is 3.41. The quantitative estimate of drug-likeness (QED) is 0.593. The molecular formula is C13H17BrO2. The number of esters is 1. The van der Waals surface area contributed by atoms with Gasteiger partial charge in [0.1, 0.15) is 0 Å². The Kier molecular flexibility index (Phi) is 6.16. The van der Waals surface area contributed by atoms with E-state index in [9.17, 15) is 4.79 Å². The van der Waals surface area contributed by atoms with Crippen molar-refractivity contribution >= 4 is 21.9 Å². The molecule has 0 fully saturated rings. The molecule has 0 bridgehead atoms. The summed E-state index contributed by atoms with van der Waals surface area (Å²) < 4.78 is 5.03. The summed E-state index contributed by atoms with van der Waals surface area (Å²) in [7, 11) is 0. The topological polar surface area (TPSA) is 26.3 Å². The zero-order valence-corrected chi connectivity index (χ0v) is 11.1. The minimum Gasteiger partial charge on any atom is -0.465 e. The predicted octanol–water partition coefficient (Wildman–Crippen LogP) is 3.12. The van der Waals surface area contributed by atoms with Gasteiger partial charge in [-0.3, -0.25) is 4.79 Å². The Bertz CT molecular complexity index is 319. The molecule has 0 aliphatic rings. The molecule has 0 aliphatic carbocycles. The first-order valence-corrected chi connectivity index (χ1v) is 6.67. The van der Waals surface area contributed by atoms with E-state index < -0.39 is 0 Å². The Labute approximate surface area is 105 Å². The van der Waals surface area contributed by atoms with Crippen LogP contribution in [0, 0.1) is 0 Å². The fourth-order valence-corrected chi connectivity index (χ4v) is 1.82. The van der Waals surface area contributed by atoms with Crippen LogP contribution < -0.4 is 0 Å². The Morgan fingerprint density at radius 3 is 2.25 bits per heavy atom. The van der Waals surface area contributed by atoms with Gasteiger partial charge >= 0.3 is 5.97 Å². The lowest BCUT2D eigenvalue weighted by molar-refractivity contribution is -0.143. The number of benzene rings is 1. The molecule has 1 aromatic carbocycles. The molecule has 1 rings (SSSR count). The Morgan fingerprint density at radius 2 is 1.75 bits per heavy atom. The second-order valence-electron chi connectivity index (χ2n) is 3.58. The SMILES string of the molecule is CCC(=O)OCCc1ccc(CCBr)cc1. The van der Waals surface area contributed by atoms with Crippen LogP contribution >= 0.6 is 15.9 Å². The highest BCUT2D eigenvalue weighted by Crippen LogP contribution is 2.07. The Balaban J connectivity index is 2.34. The molecule has 2 nitrogen and oxygen atoms in total. The fourth-order valence-electron chi connectivity index (χ4n) is 1.37. The molecule has 0 aromatic heterocycles. The maximum atomic E-state index is 10.9. The molecule has 1 aromatic rings. The summed E-state index contributed by atoms with van der Waals surface area (Å²) in [4.78, 5) is 10.9. The lowest BCUT2D eigenvalue weighted by Gasteiger charge is -2.04. The fraction of sp³-hybridized carbons (Fsp3) is 0.462. The summed E-state index contributed by atoms with van der Waals surface area (Å²) in [6.45, 7) is 2.28. The Hall–Kier alpha value is -0.830. The number of rotatable bonds is 6. The van der Waals surface area contributed by atoms with E-state index in [0.717, 1.165) is 18.2 Å². The molecule has 0 radical (unpaired) electrons. The molecule has 0 unspecified atom stereocenters. The third-order valence-electron chi connectivity index (χ3n) is 2.35. The highest BCUT2D eigenvalue weighted by atomic mass is 79.9. The van der Waals surface area contributed by atoms with E-state index in [-0.39, 0.29) is 5.97 Å². The van der Waals surface area contributed by atoms with Gasteiger partial charge in [-0.2, -0.15) is 0 Å². The van der Waals surface area contributed by atoms with Crippen LogP contribution in [0.5, 0.6) is 0 Å². The van der Waals surface area contributed by atoms with E-state index in [0.29, 0.717) is 13.0 Å². The van der Waals surface area contributed by atoms with Crippen LogP contribution in [-0.4, -0.2) is 17.9 Å².